The number of terminal acetylenes is 1. The summed E-state index contributed by atoms with van der Waals surface area (Å²) in [6, 6.07) is 5.68. The first-order chi connectivity index (χ1) is 4.93. The second-order valence-electron chi connectivity index (χ2n) is 1.75. The lowest BCUT2D eigenvalue weighted by Crippen LogP contribution is -1.74. The van der Waals surface area contributed by atoms with Crippen molar-refractivity contribution in [3.63, 3.8) is 0 Å². The molecule has 0 radical (unpaired) electrons. The van der Waals surface area contributed by atoms with Crippen molar-refractivity contribution in [3.05, 3.63) is 36.2 Å². The third kappa shape index (κ3) is 1.75. The first-order valence-electron chi connectivity index (χ1n) is 2.97. The molecule has 0 atom stereocenters. The standard InChI is InChI=1S/C9H7N/c1-2-3-6-9-7-4-5-8-10-9/h1,3-8H. The number of rotatable bonds is 1. The van der Waals surface area contributed by atoms with Crippen LogP contribution in [-0.4, -0.2) is 4.98 Å². The largest absolute Gasteiger partial charge is 0.257 e. The van der Waals surface area contributed by atoms with Crippen molar-refractivity contribution in [2.24, 2.45) is 0 Å². The Morgan fingerprint density at radius 1 is 1.50 bits per heavy atom. The summed E-state index contributed by atoms with van der Waals surface area (Å²) < 4.78 is 0. The van der Waals surface area contributed by atoms with Crippen molar-refractivity contribution in [1.29, 1.82) is 0 Å². The van der Waals surface area contributed by atoms with E-state index in [0.29, 0.717) is 0 Å². The molecular formula is C9H7N. The first-order valence-corrected chi connectivity index (χ1v) is 2.97. The van der Waals surface area contributed by atoms with Gasteiger partial charge >= 0.3 is 0 Å². The third-order valence-corrected chi connectivity index (χ3v) is 1.04. The lowest BCUT2D eigenvalue weighted by Gasteiger charge is -1.85. The number of pyridine rings is 1. The Labute approximate surface area is 60.4 Å². The van der Waals surface area contributed by atoms with Gasteiger partial charge in [-0.2, -0.15) is 0 Å². The second kappa shape index (κ2) is 3.47. The molecule has 0 fully saturated rings. The van der Waals surface area contributed by atoms with Crippen LogP contribution in [0.5, 0.6) is 0 Å². The van der Waals surface area contributed by atoms with Gasteiger partial charge in [0.25, 0.3) is 0 Å². The molecule has 0 amide bonds. The van der Waals surface area contributed by atoms with Crippen LogP contribution in [0, 0.1) is 12.3 Å². The van der Waals surface area contributed by atoms with Gasteiger partial charge in [0.1, 0.15) is 0 Å². The highest BCUT2D eigenvalue weighted by Crippen LogP contribution is 1.94. The lowest BCUT2D eigenvalue weighted by atomic mass is 10.3. The predicted molar refractivity (Wildman–Crippen MR) is 42.1 cm³/mol. The smallest absolute Gasteiger partial charge is 0.0635 e. The van der Waals surface area contributed by atoms with E-state index in [0.717, 1.165) is 5.69 Å². The lowest BCUT2D eigenvalue weighted by molar-refractivity contribution is 1.30. The zero-order valence-electron chi connectivity index (χ0n) is 5.49. The fourth-order valence-corrected chi connectivity index (χ4v) is 0.608. The maximum Gasteiger partial charge on any atom is 0.0635 e. The van der Waals surface area contributed by atoms with Crippen molar-refractivity contribution >= 4 is 6.08 Å². The minimum Gasteiger partial charge on any atom is -0.257 e. The van der Waals surface area contributed by atoms with Crippen LogP contribution in [0.25, 0.3) is 6.08 Å². The molecule has 0 saturated carbocycles. The molecule has 0 N–H and O–H groups in total. The van der Waals surface area contributed by atoms with Gasteiger partial charge in [-0.3, -0.25) is 4.98 Å². The number of aromatic nitrogens is 1. The zero-order chi connectivity index (χ0) is 7.23. The van der Waals surface area contributed by atoms with Crippen LogP contribution < -0.4 is 0 Å². The van der Waals surface area contributed by atoms with E-state index >= 15 is 0 Å². The molecule has 0 aliphatic heterocycles. The van der Waals surface area contributed by atoms with Crippen molar-refractivity contribution in [3.8, 4) is 12.3 Å². The molecule has 1 heteroatoms. The highest BCUT2D eigenvalue weighted by Gasteiger charge is 1.80. The van der Waals surface area contributed by atoms with Gasteiger partial charge < -0.3 is 0 Å². The van der Waals surface area contributed by atoms with E-state index in [-0.39, 0.29) is 0 Å². The van der Waals surface area contributed by atoms with Crippen molar-refractivity contribution in [1.82, 2.24) is 4.98 Å². The van der Waals surface area contributed by atoms with Gasteiger partial charge in [-0.05, 0) is 24.3 Å². The van der Waals surface area contributed by atoms with Crippen LogP contribution in [0.3, 0.4) is 0 Å². The number of hydrogen-bond donors (Lipinski definition) is 0. The number of hydrogen-bond acceptors (Lipinski definition) is 1. The van der Waals surface area contributed by atoms with Gasteiger partial charge in [0.2, 0.25) is 0 Å². The van der Waals surface area contributed by atoms with Crippen LogP contribution in [0.15, 0.2) is 30.5 Å². The summed E-state index contributed by atoms with van der Waals surface area (Å²) in [5, 5.41) is 0. The van der Waals surface area contributed by atoms with Crippen molar-refractivity contribution < 1.29 is 0 Å². The van der Waals surface area contributed by atoms with Crippen molar-refractivity contribution in [2.45, 2.75) is 0 Å². The molecule has 0 unspecified atom stereocenters. The monoisotopic (exact) mass is 129 g/mol. The van der Waals surface area contributed by atoms with Crippen LogP contribution in [-0.2, 0) is 0 Å². The third-order valence-electron chi connectivity index (χ3n) is 1.04. The Kier molecular flexibility index (Phi) is 2.28. The molecule has 10 heavy (non-hydrogen) atoms. The summed E-state index contributed by atoms with van der Waals surface area (Å²) >= 11 is 0. The molecule has 0 aliphatic carbocycles. The topological polar surface area (TPSA) is 12.9 Å². The van der Waals surface area contributed by atoms with Crippen LogP contribution in [0.4, 0.5) is 0 Å². The van der Waals surface area contributed by atoms with Gasteiger partial charge in [-0.25, -0.2) is 0 Å². The molecule has 1 heterocycles. The summed E-state index contributed by atoms with van der Waals surface area (Å²) in [6.45, 7) is 0. The zero-order valence-corrected chi connectivity index (χ0v) is 5.49. The van der Waals surface area contributed by atoms with E-state index in [1.165, 1.54) is 0 Å². The summed E-state index contributed by atoms with van der Waals surface area (Å²) in [4.78, 5) is 4.03. The summed E-state index contributed by atoms with van der Waals surface area (Å²) in [5.74, 6) is 2.40. The fourth-order valence-electron chi connectivity index (χ4n) is 0.608. The highest BCUT2D eigenvalue weighted by molar-refractivity contribution is 5.47. The van der Waals surface area contributed by atoms with Crippen LogP contribution in [0.2, 0.25) is 0 Å². The Morgan fingerprint density at radius 3 is 3.00 bits per heavy atom. The summed E-state index contributed by atoms with van der Waals surface area (Å²) in [7, 11) is 0. The Hall–Kier alpha value is -1.55. The summed E-state index contributed by atoms with van der Waals surface area (Å²) in [5.41, 5.74) is 0.889. The molecule has 1 nitrogen and oxygen atoms in total. The predicted octanol–water partition coefficient (Wildman–Crippen LogP) is 1.73. The number of nitrogens with zero attached hydrogens (tertiary/aromatic N) is 1. The molecular weight excluding hydrogens is 122 g/mol. The molecule has 0 aromatic carbocycles. The minimum absolute atomic E-state index is 0.889. The van der Waals surface area contributed by atoms with Crippen LogP contribution in [0.1, 0.15) is 5.69 Å². The molecule has 0 saturated heterocycles. The molecule has 1 aromatic rings. The van der Waals surface area contributed by atoms with Gasteiger partial charge in [-0.15, -0.1) is 6.42 Å². The maximum absolute atomic E-state index is 5.01. The highest BCUT2D eigenvalue weighted by atomic mass is 14.6. The molecule has 1 rings (SSSR count). The normalized spacial score (nSPS) is 9.50. The van der Waals surface area contributed by atoms with Crippen molar-refractivity contribution in [2.75, 3.05) is 0 Å². The van der Waals surface area contributed by atoms with Gasteiger partial charge in [0.05, 0.1) is 5.69 Å². The molecule has 0 bridgehead atoms. The van der Waals surface area contributed by atoms with E-state index in [9.17, 15) is 0 Å². The van der Waals surface area contributed by atoms with Gasteiger partial charge in [0.15, 0.2) is 0 Å². The molecule has 48 valence electrons. The van der Waals surface area contributed by atoms with E-state index in [1.54, 1.807) is 18.3 Å². The average Bonchev–Trinajstić information content (AvgIpc) is 2.03. The second-order valence-corrected chi connectivity index (χ2v) is 1.75. The van der Waals surface area contributed by atoms with Gasteiger partial charge in [-0.1, -0.05) is 12.0 Å². The maximum atomic E-state index is 5.01. The van der Waals surface area contributed by atoms with Gasteiger partial charge in [0, 0.05) is 6.20 Å². The fraction of sp³-hybridized carbons (Fsp3) is 0. The number of allylic oxidation sites excluding steroid dienone is 1. The average molecular weight is 129 g/mol. The van der Waals surface area contributed by atoms with Crippen LogP contribution >= 0.6 is 0 Å². The minimum atomic E-state index is 0.889. The Bertz CT molecular complexity index is 254. The molecule has 1 aromatic heterocycles. The molecule has 0 spiro atoms. The Balaban J connectivity index is 2.79. The first kappa shape index (κ1) is 6.57. The quantitative estimate of drug-likeness (QED) is 0.526. The summed E-state index contributed by atoms with van der Waals surface area (Å²) in [6.07, 6.45) is 10.2. The van der Waals surface area contributed by atoms with E-state index in [4.69, 9.17) is 6.42 Å². The van der Waals surface area contributed by atoms with E-state index in [1.807, 2.05) is 18.2 Å². The van der Waals surface area contributed by atoms with E-state index in [2.05, 4.69) is 10.9 Å². The SMILES string of the molecule is C#CC=Cc1ccccn1. The molecule has 0 aliphatic rings. The van der Waals surface area contributed by atoms with E-state index < -0.39 is 0 Å². The Morgan fingerprint density at radius 2 is 2.40 bits per heavy atom.